The molecular weight excluding hydrogens is 242 g/mol. The lowest BCUT2D eigenvalue weighted by molar-refractivity contribution is 0.0797. The molecule has 1 aromatic carbocycles. The van der Waals surface area contributed by atoms with Crippen molar-refractivity contribution in [2.24, 2.45) is 0 Å². The van der Waals surface area contributed by atoms with Crippen LogP contribution in [0.4, 0.5) is 0 Å². The van der Waals surface area contributed by atoms with E-state index in [2.05, 4.69) is 15.5 Å². The minimum atomic E-state index is 0.0190. The fourth-order valence-electron chi connectivity index (χ4n) is 1.71. The molecule has 0 saturated heterocycles. The molecule has 0 spiro atoms. The van der Waals surface area contributed by atoms with Crippen LogP contribution in [0.5, 0.6) is 0 Å². The average molecular weight is 259 g/mol. The van der Waals surface area contributed by atoms with Gasteiger partial charge in [0.2, 0.25) is 0 Å². The number of nitrogens with zero attached hydrogens (tertiary/aromatic N) is 4. The first-order chi connectivity index (χ1) is 9.22. The van der Waals surface area contributed by atoms with Gasteiger partial charge in [-0.2, -0.15) is 0 Å². The normalized spacial score (nSPS) is 10.4. The quantitative estimate of drug-likeness (QED) is 0.852. The Hall–Kier alpha value is -2.21. The lowest BCUT2D eigenvalue weighted by atomic mass is 10.2. The second kappa shape index (κ2) is 6.10. The van der Waals surface area contributed by atoms with Gasteiger partial charge in [-0.05, 0) is 31.3 Å². The maximum absolute atomic E-state index is 12.1. The highest BCUT2D eigenvalue weighted by Gasteiger charge is 2.10. The van der Waals surface area contributed by atoms with E-state index in [1.807, 2.05) is 31.3 Å². The highest BCUT2D eigenvalue weighted by atomic mass is 16.2. The van der Waals surface area contributed by atoms with Crippen LogP contribution < -0.4 is 5.32 Å². The molecule has 100 valence electrons. The van der Waals surface area contributed by atoms with Crippen LogP contribution in [0, 0.1) is 0 Å². The molecule has 0 fully saturated rings. The number of aromatic nitrogens is 3. The molecule has 2 aromatic rings. The first kappa shape index (κ1) is 13.2. The van der Waals surface area contributed by atoms with Crippen molar-refractivity contribution in [3.05, 3.63) is 42.5 Å². The molecule has 0 unspecified atom stereocenters. The number of nitrogens with one attached hydrogen (secondary N) is 1. The molecular formula is C13H17N5O. The van der Waals surface area contributed by atoms with Gasteiger partial charge in [-0.3, -0.25) is 9.36 Å². The molecule has 1 aromatic heterocycles. The van der Waals surface area contributed by atoms with Crippen LogP contribution in [-0.2, 0) is 0 Å². The Labute approximate surface area is 112 Å². The lowest BCUT2D eigenvalue weighted by Crippen LogP contribution is -2.32. The van der Waals surface area contributed by atoms with E-state index in [-0.39, 0.29) is 5.91 Å². The van der Waals surface area contributed by atoms with Crippen LogP contribution in [0.25, 0.3) is 5.69 Å². The Morgan fingerprint density at radius 1 is 1.26 bits per heavy atom. The summed E-state index contributed by atoms with van der Waals surface area (Å²) in [6.07, 6.45) is 3.24. The van der Waals surface area contributed by atoms with Crippen molar-refractivity contribution >= 4 is 5.91 Å². The summed E-state index contributed by atoms with van der Waals surface area (Å²) >= 11 is 0. The van der Waals surface area contributed by atoms with Gasteiger partial charge in [-0.1, -0.05) is 0 Å². The first-order valence-corrected chi connectivity index (χ1v) is 6.07. The predicted molar refractivity (Wildman–Crippen MR) is 72.2 cm³/mol. The molecule has 0 radical (unpaired) electrons. The minimum absolute atomic E-state index is 0.0190. The molecule has 0 aliphatic carbocycles. The lowest BCUT2D eigenvalue weighted by Gasteiger charge is -2.17. The Bertz CT molecular complexity index is 520. The van der Waals surface area contributed by atoms with E-state index in [0.29, 0.717) is 12.1 Å². The van der Waals surface area contributed by atoms with Crippen LogP contribution >= 0.6 is 0 Å². The summed E-state index contributed by atoms with van der Waals surface area (Å²) < 4.78 is 1.79. The molecule has 1 amide bonds. The molecule has 6 nitrogen and oxygen atoms in total. The van der Waals surface area contributed by atoms with E-state index in [1.165, 1.54) is 0 Å². The number of rotatable bonds is 5. The van der Waals surface area contributed by atoms with Gasteiger partial charge in [0.1, 0.15) is 12.7 Å². The second-order valence-electron chi connectivity index (χ2n) is 4.25. The monoisotopic (exact) mass is 259 g/mol. The number of benzene rings is 1. The smallest absolute Gasteiger partial charge is 0.253 e. The van der Waals surface area contributed by atoms with Gasteiger partial charge in [0, 0.05) is 31.4 Å². The van der Waals surface area contributed by atoms with Gasteiger partial charge in [0.15, 0.2) is 0 Å². The maximum atomic E-state index is 12.1. The van der Waals surface area contributed by atoms with E-state index in [9.17, 15) is 4.79 Å². The van der Waals surface area contributed by atoms with Crippen molar-refractivity contribution in [3.63, 3.8) is 0 Å². The van der Waals surface area contributed by atoms with E-state index < -0.39 is 0 Å². The van der Waals surface area contributed by atoms with Crippen LogP contribution in [0.15, 0.2) is 36.9 Å². The fraction of sp³-hybridized carbons (Fsp3) is 0.308. The Balaban J connectivity index is 2.08. The predicted octanol–water partition coefficient (Wildman–Crippen LogP) is 0.559. The van der Waals surface area contributed by atoms with Crippen LogP contribution in [0.3, 0.4) is 0 Å². The van der Waals surface area contributed by atoms with Crippen molar-refractivity contribution in [1.29, 1.82) is 0 Å². The van der Waals surface area contributed by atoms with E-state index in [0.717, 1.165) is 12.2 Å². The number of likely N-dealkylation sites (N-methyl/N-ethyl adjacent to an activating group) is 2. The molecule has 0 bridgehead atoms. The topological polar surface area (TPSA) is 63.1 Å². The third-order valence-electron chi connectivity index (χ3n) is 2.88. The summed E-state index contributed by atoms with van der Waals surface area (Å²) in [4.78, 5) is 13.8. The van der Waals surface area contributed by atoms with Gasteiger partial charge in [0.25, 0.3) is 5.91 Å². The highest BCUT2D eigenvalue weighted by Crippen LogP contribution is 2.10. The minimum Gasteiger partial charge on any atom is -0.340 e. The van der Waals surface area contributed by atoms with E-state index in [4.69, 9.17) is 0 Å². The fourth-order valence-corrected chi connectivity index (χ4v) is 1.71. The summed E-state index contributed by atoms with van der Waals surface area (Å²) in [5.74, 6) is 0.0190. The van der Waals surface area contributed by atoms with Crippen molar-refractivity contribution in [1.82, 2.24) is 25.0 Å². The van der Waals surface area contributed by atoms with E-state index >= 15 is 0 Å². The molecule has 0 saturated carbocycles. The molecule has 2 rings (SSSR count). The Kier molecular flexibility index (Phi) is 4.25. The zero-order chi connectivity index (χ0) is 13.7. The Morgan fingerprint density at radius 3 is 2.47 bits per heavy atom. The van der Waals surface area contributed by atoms with Crippen LogP contribution in [-0.4, -0.2) is 52.8 Å². The Morgan fingerprint density at radius 2 is 1.89 bits per heavy atom. The van der Waals surface area contributed by atoms with Crippen molar-refractivity contribution in [2.45, 2.75) is 0 Å². The van der Waals surface area contributed by atoms with Gasteiger partial charge in [-0.15, -0.1) is 10.2 Å². The third-order valence-corrected chi connectivity index (χ3v) is 2.88. The zero-order valence-corrected chi connectivity index (χ0v) is 11.1. The molecule has 1 N–H and O–H groups in total. The van der Waals surface area contributed by atoms with Crippen molar-refractivity contribution in [2.75, 3.05) is 27.2 Å². The molecule has 6 heteroatoms. The van der Waals surface area contributed by atoms with Gasteiger partial charge in [-0.25, -0.2) is 0 Å². The molecule has 19 heavy (non-hydrogen) atoms. The van der Waals surface area contributed by atoms with Crippen molar-refractivity contribution < 1.29 is 4.79 Å². The molecule has 0 atom stereocenters. The number of carbonyl (C=O) groups excluding carboxylic acids is 1. The third kappa shape index (κ3) is 3.17. The highest BCUT2D eigenvalue weighted by molar-refractivity contribution is 5.94. The average Bonchev–Trinajstić information content (AvgIpc) is 2.98. The summed E-state index contributed by atoms with van der Waals surface area (Å²) in [5, 5.41) is 10.5. The number of amides is 1. The summed E-state index contributed by atoms with van der Waals surface area (Å²) in [6, 6.07) is 7.38. The maximum Gasteiger partial charge on any atom is 0.253 e. The van der Waals surface area contributed by atoms with Gasteiger partial charge < -0.3 is 10.2 Å². The summed E-state index contributed by atoms with van der Waals surface area (Å²) in [5.41, 5.74) is 1.61. The number of hydrogen-bond acceptors (Lipinski definition) is 4. The number of hydrogen-bond donors (Lipinski definition) is 1. The summed E-state index contributed by atoms with van der Waals surface area (Å²) in [7, 11) is 3.67. The standard InChI is InChI=1S/C13H17N5O/c1-14-7-8-17(2)13(19)11-3-5-12(6-4-11)18-9-15-16-10-18/h3-6,9-10,14H,7-8H2,1-2H3. The first-order valence-electron chi connectivity index (χ1n) is 6.07. The van der Waals surface area contributed by atoms with Crippen molar-refractivity contribution in [3.8, 4) is 5.69 Å². The van der Waals surface area contributed by atoms with Crippen LogP contribution in [0.1, 0.15) is 10.4 Å². The van der Waals surface area contributed by atoms with Gasteiger partial charge in [0.05, 0.1) is 0 Å². The van der Waals surface area contributed by atoms with E-state index in [1.54, 1.807) is 29.2 Å². The van der Waals surface area contributed by atoms with Gasteiger partial charge >= 0.3 is 0 Å². The summed E-state index contributed by atoms with van der Waals surface area (Å²) in [6.45, 7) is 1.46. The molecule has 1 heterocycles. The molecule has 0 aliphatic rings. The number of carbonyl (C=O) groups is 1. The zero-order valence-electron chi connectivity index (χ0n) is 11.1. The van der Waals surface area contributed by atoms with Crippen LogP contribution in [0.2, 0.25) is 0 Å². The second-order valence-corrected chi connectivity index (χ2v) is 4.25. The molecule has 0 aliphatic heterocycles. The largest absolute Gasteiger partial charge is 0.340 e. The SMILES string of the molecule is CNCCN(C)C(=O)c1ccc(-n2cnnc2)cc1.